The molecule has 7 heteroatoms. The number of benzene rings is 1. The van der Waals surface area contributed by atoms with Crippen molar-refractivity contribution >= 4 is 11.5 Å². The fourth-order valence-corrected chi connectivity index (χ4v) is 1.13. The lowest BCUT2D eigenvalue weighted by atomic mass is 9.91. The van der Waals surface area contributed by atoms with E-state index >= 15 is 0 Å². The van der Waals surface area contributed by atoms with Crippen LogP contribution >= 0.6 is 0 Å². The van der Waals surface area contributed by atoms with Gasteiger partial charge in [0, 0.05) is 11.5 Å². The third-order valence-electron chi connectivity index (χ3n) is 2.39. The second-order valence-electron chi connectivity index (χ2n) is 4.95. The molecule has 0 spiro atoms. The highest BCUT2D eigenvalue weighted by Gasteiger charge is 2.24. The Labute approximate surface area is 108 Å². The standard InChI is InChI=1S/C12H13F2NO4/c1-12(2,3)11(16)6-19-10-5-7(13)9(15(17)18)4-8(10)14/h4-5H,6H2,1-3H3. The summed E-state index contributed by atoms with van der Waals surface area (Å²) in [5, 5.41) is 10.4. The van der Waals surface area contributed by atoms with Gasteiger partial charge in [-0.2, -0.15) is 4.39 Å². The molecular formula is C12H13F2NO4. The van der Waals surface area contributed by atoms with Crippen LogP contribution in [0, 0.1) is 27.2 Å². The predicted octanol–water partition coefficient (Wildman–Crippen LogP) is 2.87. The lowest BCUT2D eigenvalue weighted by Crippen LogP contribution is -2.26. The van der Waals surface area contributed by atoms with Crippen molar-refractivity contribution in [2.24, 2.45) is 5.41 Å². The molecule has 0 aliphatic carbocycles. The minimum absolute atomic E-state index is 0.300. The van der Waals surface area contributed by atoms with Crippen molar-refractivity contribution in [3.8, 4) is 5.75 Å². The summed E-state index contributed by atoms with van der Waals surface area (Å²) in [6.45, 7) is 4.54. The monoisotopic (exact) mass is 273 g/mol. The van der Waals surface area contributed by atoms with Crippen molar-refractivity contribution in [1.29, 1.82) is 0 Å². The fourth-order valence-electron chi connectivity index (χ4n) is 1.13. The highest BCUT2D eigenvalue weighted by atomic mass is 19.1. The first kappa shape index (κ1) is 15.0. The Balaban J connectivity index is 2.89. The van der Waals surface area contributed by atoms with Gasteiger partial charge in [-0.05, 0) is 0 Å². The second-order valence-corrected chi connectivity index (χ2v) is 4.95. The van der Waals surface area contributed by atoms with Crippen LogP contribution in [-0.4, -0.2) is 17.3 Å². The lowest BCUT2D eigenvalue weighted by Gasteiger charge is -2.16. The average molecular weight is 273 g/mol. The van der Waals surface area contributed by atoms with Crippen LogP contribution in [0.1, 0.15) is 20.8 Å². The van der Waals surface area contributed by atoms with Crippen LogP contribution in [0.4, 0.5) is 14.5 Å². The summed E-state index contributed by atoms with van der Waals surface area (Å²) >= 11 is 0. The van der Waals surface area contributed by atoms with Crippen LogP contribution in [0.2, 0.25) is 0 Å². The van der Waals surface area contributed by atoms with Crippen molar-refractivity contribution in [2.75, 3.05) is 6.61 Å². The number of rotatable bonds is 4. The summed E-state index contributed by atoms with van der Waals surface area (Å²) in [4.78, 5) is 20.9. The van der Waals surface area contributed by atoms with Gasteiger partial charge in [0.2, 0.25) is 5.82 Å². The molecule has 19 heavy (non-hydrogen) atoms. The van der Waals surface area contributed by atoms with Crippen molar-refractivity contribution in [3.05, 3.63) is 33.9 Å². The molecule has 5 nitrogen and oxygen atoms in total. The summed E-state index contributed by atoms with van der Waals surface area (Å²) < 4.78 is 31.5. The van der Waals surface area contributed by atoms with Gasteiger partial charge < -0.3 is 4.74 Å². The number of nitro groups is 1. The molecule has 0 saturated heterocycles. The number of nitro benzene ring substituents is 1. The Bertz CT molecular complexity index is 523. The predicted molar refractivity (Wildman–Crippen MR) is 63.0 cm³/mol. The van der Waals surface area contributed by atoms with Crippen LogP contribution in [0.15, 0.2) is 12.1 Å². The van der Waals surface area contributed by atoms with Crippen LogP contribution in [0.5, 0.6) is 5.75 Å². The molecule has 1 rings (SSSR count). The van der Waals surface area contributed by atoms with Gasteiger partial charge >= 0.3 is 5.69 Å². The molecule has 0 heterocycles. The molecule has 0 bridgehead atoms. The van der Waals surface area contributed by atoms with E-state index in [1.54, 1.807) is 20.8 Å². The molecule has 0 saturated carbocycles. The molecule has 0 N–H and O–H groups in total. The average Bonchev–Trinajstić information content (AvgIpc) is 2.27. The topological polar surface area (TPSA) is 69.4 Å². The molecule has 0 aromatic heterocycles. The third-order valence-corrected chi connectivity index (χ3v) is 2.39. The number of ketones is 1. The minimum Gasteiger partial charge on any atom is -0.483 e. The lowest BCUT2D eigenvalue weighted by molar-refractivity contribution is -0.387. The number of halogens is 2. The molecule has 0 atom stereocenters. The third kappa shape index (κ3) is 3.70. The second kappa shape index (κ2) is 5.29. The van der Waals surface area contributed by atoms with E-state index in [1.807, 2.05) is 0 Å². The zero-order valence-electron chi connectivity index (χ0n) is 10.7. The van der Waals surface area contributed by atoms with Crippen LogP contribution in [0.25, 0.3) is 0 Å². The maximum Gasteiger partial charge on any atom is 0.307 e. The number of nitrogens with zero attached hydrogens (tertiary/aromatic N) is 1. The van der Waals surface area contributed by atoms with E-state index < -0.39 is 40.0 Å². The molecule has 0 radical (unpaired) electrons. The molecule has 0 amide bonds. The SMILES string of the molecule is CC(C)(C)C(=O)COc1cc(F)c([N+](=O)[O-])cc1F. The van der Waals surface area contributed by atoms with E-state index in [-0.39, 0.29) is 5.78 Å². The van der Waals surface area contributed by atoms with E-state index in [4.69, 9.17) is 4.74 Å². The van der Waals surface area contributed by atoms with Crippen molar-refractivity contribution in [1.82, 2.24) is 0 Å². The molecule has 0 aliphatic heterocycles. The Morgan fingerprint density at radius 1 is 1.32 bits per heavy atom. The minimum atomic E-state index is -1.22. The summed E-state index contributed by atoms with van der Waals surface area (Å²) in [6, 6.07) is 0.982. The Kier molecular flexibility index (Phi) is 4.18. The molecule has 1 aromatic carbocycles. The van der Waals surface area contributed by atoms with E-state index in [0.717, 1.165) is 0 Å². The van der Waals surface area contributed by atoms with Gasteiger partial charge in [0.05, 0.1) is 11.0 Å². The van der Waals surface area contributed by atoms with Gasteiger partial charge in [-0.1, -0.05) is 20.8 Å². The van der Waals surface area contributed by atoms with Gasteiger partial charge in [-0.15, -0.1) is 0 Å². The van der Waals surface area contributed by atoms with Crippen molar-refractivity contribution in [3.63, 3.8) is 0 Å². The molecular weight excluding hydrogens is 260 g/mol. The smallest absolute Gasteiger partial charge is 0.307 e. The number of hydrogen-bond acceptors (Lipinski definition) is 4. The van der Waals surface area contributed by atoms with E-state index in [1.165, 1.54) is 0 Å². The molecule has 0 aliphatic rings. The summed E-state index contributed by atoms with van der Waals surface area (Å²) in [6.07, 6.45) is 0. The normalized spacial score (nSPS) is 11.2. The Morgan fingerprint density at radius 3 is 2.37 bits per heavy atom. The zero-order valence-corrected chi connectivity index (χ0v) is 10.7. The molecule has 0 fully saturated rings. The first-order valence-electron chi connectivity index (χ1n) is 5.42. The van der Waals surface area contributed by atoms with Crippen molar-refractivity contribution < 1.29 is 23.2 Å². The number of Topliss-reactive ketones (excluding diaryl/α,β-unsaturated/α-hetero) is 1. The molecule has 104 valence electrons. The Hall–Kier alpha value is -2.05. The fraction of sp³-hybridized carbons (Fsp3) is 0.417. The van der Waals surface area contributed by atoms with Gasteiger partial charge in [0.1, 0.15) is 6.61 Å². The highest BCUT2D eigenvalue weighted by Crippen LogP contribution is 2.26. The van der Waals surface area contributed by atoms with E-state index in [2.05, 4.69) is 0 Å². The number of ether oxygens (including phenoxy) is 1. The van der Waals surface area contributed by atoms with Crippen LogP contribution in [0.3, 0.4) is 0 Å². The van der Waals surface area contributed by atoms with Gasteiger partial charge in [-0.25, -0.2) is 4.39 Å². The van der Waals surface area contributed by atoms with Gasteiger partial charge in [0.15, 0.2) is 17.3 Å². The quantitative estimate of drug-likeness (QED) is 0.624. The summed E-state index contributed by atoms with van der Waals surface area (Å²) in [5.74, 6) is -3.13. The van der Waals surface area contributed by atoms with Crippen LogP contribution in [-0.2, 0) is 4.79 Å². The molecule has 1 aromatic rings. The number of hydrogen-bond donors (Lipinski definition) is 0. The molecule has 0 unspecified atom stereocenters. The zero-order chi connectivity index (χ0) is 14.8. The maximum atomic E-state index is 13.4. The number of carbonyl (C=O) groups excluding carboxylic acids is 1. The van der Waals surface area contributed by atoms with E-state index in [0.29, 0.717) is 12.1 Å². The first-order valence-corrected chi connectivity index (χ1v) is 5.42. The van der Waals surface area contributed by atoms with Gasteiger partial charge in [0.25, 0.3) is 0 Å². The van der Waals surface area contributed by atoms with Gasteiger partial charge in [-0.3, -0.25) is 14.9 Å². The maximum absolute atomic E-state index is 13.4. The number of carbonyl (C=O) groups is 1. The summed E-state index contributed by atoms with van der Waals surface area (Å²) in [5.41, 5.74) is -1.65. The van der Waals surface area contributed by atoms with Crippen LogP contribution < -0.4 is 4.74 Å². The van der Waals surface area contributed by atoms with E-state index in [9.17, 15) is 23.7 Å². The Morgan fingerprint density at radius 2 is 1.89 bits per heavy atom. The largest absolute Gasteiger partial charge is 0.483 e. The highest BCUT2D eigenvalue weighted by molar-refractivity contribution is 5.85. The first-order chi connectivity index (χ1) is 8.62. The summed E-state index contributed by atoms with van der Waals surface area (Å²) in [7, 11) is 0. The van der Waals surface area contributed by atoms with Crippen molar-refractivity contribution in [2.45, 2.75) is 20.8 Å².